The molecule has 0 aromatic heterocycles. The van der Waals surface area contributed by atoms with Gasteiger partial charge in [-0.2, -0.15) is 0 Å². The van der Waals surface area contributed by atoms with E-state index in [4.69, 9.17) is 0 Å². The maximum Gasteiger partial charge on any atom is 0.00385 e. The summed E-state index contributed by atoms with van der Waals surface area (Å²) in [4.78, 5) is 7.87. The van der Waals surface area contributed by atoms with Crippen molar-refractivity contribution < 1.29 is 0 Å². The van der Waals surface area contributed by atoms with Crippen LogP contribution in [0.1, 0.15) is 173 Å². The first-order chi connectivity index (χ1) is 19.8. The molecule has 2 aliphatic carbocycles. The lowest BCUT2D eigenvalue weighted by Gasteiger charge is -2.49. The zero-order valence-electron chi connectivity index (χ0n) is 31.6. The average Bonchev–Trinajstić information content (AvgIpc) is 3.42. The molecule has 0 unspecified atom stereocenters. The van der Waals surface area contributed by atoms with E-state index in [9.17, 15) is 0 Å². The zero-order valence-corrected chi connectivity index (χ0v) is 31.6. The van der Waals surface area contributed by atoms with E-state index in [1.807, 2.05) is 27.7 Å². The SMILES string of the molecule is CC.CC.CC(C)N1CCC(C(C)(C)C)CC1.CC(C)N1CCC2(CCC2)CC1.CC(C)N1CCC2(CCCC2)CC1. The maximum absolute atomic E-state index is 2.64. The van der Waals surface area contributed by atoms with E-state index in [-0.39, 0.29) is 0 Å². The Morgan fingerprint density at radius 2 is 0.738 bits per heavy atom. The van der Waals surface area contributed by atoms with E-state index in [2.05, 4.69) is 77.0 Å². The van der Waals surface area contributed by atoms with Crippen LogP contribution in [0.2, 0.25) is 0 Å². The number of nitrogens with zero attached hydrogens (tertiary/aromatic N) is 3. The van der Waals surface area contributed by atoms with Crippen molar-refractivity contribution in [3.63, 3.8) is 0 Å². The van der Waals surface area contributed by atoms with Gasteiger partial charge in [0, 0.05) is 18.1 Å². The van der Waals surface area contributed by atoms with Crippen LogP contribution in [0.15, 0.2) is 0 Å². The Kier molecular flexibility index (Phi) is 18.4. The maximum atomic E-state index is 2.64. The smallest absolute Gasteiger partial charge is 0.00385 e. The van der Waals surface area contributed by atoms with Gasteiger partial charge in [0.2, 0.25) is 0 Å². The van der Waals surface area contributed by atoms with Crippen LogP contribution in [-0.2, 0) is 0 Å². The highest BCUT2D eigenvalue weighted by Gasteiger charge is 2.40. The molecule has 3 heterocycles. The van der Waals surface area contributed by atoms with Crippen LogP contribution in [0.4, 0.5) is 0 Å². The number of likely N-dealkylation sites (tertiary alicyclic amines) is 3. The molecule has 0 N–H and O–H groups in total. The van der Waals surface area contributed by atoms with Gasteiger partial charge >= 0.3 is 0 Å². The third kappa shape index (κ3) is 12.7. The fourth-order valence-electron chi connectivity index (χ4n) is 8.11. The Labute approximate surface area is 267 Å². The second kappa shape index (κ2) is 19.4. The molecule has 0 amide bonds. The van der Waals surface area contributed by atoms with Gasteiger partial charge in [0.25, 0.3) is 0 Å². The van der Waals surface area contributed by atoms with Gasteiger partial charge in [-0.25, -0.2) is 0 Å². The quantitative estimate of drug-likeness (QED) is 0.323. The standard InChI is InChI=1S/C12H23N.C12H25N.C11H21N.2C2H6/c1-11(2)13-9-7-12(8-10-13)5-3-4-6-12;1-10(2)13-8-6-11(7-9-13)12(3,4)5;1-10(2)12-8-6-11(7-9-12)4-3-5-11;2*1-2/h11H,3-10H2,1-2H3;10-11H,6-9H2,1-5H3;10H,3-9H2,1-2H3;2*1-2H3. The summed E-state index contributed by atoms with van der Waals surface area (Å²) in [6, 6.07) is 2.27. The lowest BCUT2D eigenvalue weighted by molar-refractivity contribution is 0.0220. The topological polar surface area (TPSA) is 9.72 Å². The Bertz CT molecular complexity index is 638. The molecule has 5 fully saturated rings. The third-order valence-corrected chi connectivity index (χ3v) is 11.7. The fourth-order valence-corrected chi connectivity index (χ4v) is 8.11. The summed E-state index contributed by atoms with van der Waals surface area (Å²) in [5.41, 5.74) is 2.14. The molecule has 0 aromatic carbocycles. The average molecular weight is 592 g/mol. The number of hydrogen-bond acceptors (Lipinski definition) is 3. The predicted octanol–water partition coefficient (Wildman–Crippen LogP) is 10.9. The molecule has 5 aliphatic rings. The minimum Gasteiger partial charge on any atom is -0.301 e. The lowest BCUT2D eigenvalue weighted by Crippen LogP contribution is -2.45. The number of piperidine rings is 3. The molecule has 3 saturated heterocycles. The van der Waals surface area contributed by atoms with E-state index in [0.29, 0.717) is 5.41 Å². The summed E-state index contributed by atoms with van der Waals surface area (Å²) < 4.78 is 0. The van der Waals surface area contributed by atoms with Crippen molar-refractivity contribution in [2.45, 2.75) is 192 Å². The van der Waals surface area contributed by atoms with Gasteiger partial charge in [-0.15, -0.1) is 0 Å². The van der Waals surface area contributed by atoms with Crippen molar-refractivity contribution >= 4 is 0 Å². The second-order valence-electron chi connectivity index (χ2n) is 16.1. The summed E-state index contributed by atoms with van der Waals surface area (Å²) in [7, 11) is 0. The van der Waals surface area contributed by atoms with Crippen molar-refractivity contribution in [3.05, 3.63) is 0 Å². The molecule has 2 saturated carbocycles. The molecule has 0 atom stereocenters. The van der Waals surface area contributed by atoms with Crippen LogP contribution < -0.4 is 0 Å². The first kappa shape index (κ1) is 39.9. The Balaban J connectivity index is 0.000000297. The van der Waals surface area contributed by atoms with Gasteiger partial charge in [0.15, 0.2) is 0 Å². The Hall–Kier alpha value is -0.120. The zero-order chi connectivity index (χ0) is 32.0. The number of rotatable bonds is 3. The first-order valence-corrected chi connectivity index (χ1v) is 19.1. The molecular formula is C39H81N3. The van der Waals surface area contributed by atoms with Crippen LogP contribution in [0.5, 0.6) is 0 Å². The summed E-state index contributed by atoms with van der Waals surface area (Å²) in [6.07, 6.45) is 19.3. The highest BCUT2D eigenvalue weighted by molar-refractivity contribution is 4.93. The summed E-state index contributed by atoms with van der Waals surface area (Å²) in [6.45, 7) is 37.1. The molecule has 3 heteroatoms. The highest BCUT2D eigenvalue weighted by Crippen LogP contribution is 2.49. The fraction of sp³-hybridized carbons (Fsp3) is 1.00. The Morgan fingerprint density at radius 3 is 0.976 bits per heavy atom. The van der Waals surface area contributed by atoms with E-state index in [1.54, 1.807) is 0 Å². The molecule has 42 heavy (non-hydrogen) atoms. The van der Waals surface area contributed by atoms with Gasteiger partial charge in [0.05, 0.1) is 0 Å². The minimum absolute atomic E-state index is 0.517. The highest BCUT2D eigenvalue weighted by atomic mass is 15.2. The molecule has 3 nitrogen and oxygen atoms in total. The lowest BCUT2D eigenvalue weighted by atomic mass is 9.63. The van der Waals surface area contributed by atoms with Crippen molar-refractivity contribution in [2.24, 2.45) is 22.2 Å². The van der Waals surface area contributed by atoms with Crippen molar-refractivity contribution in [1.82, 2.24) is 14.7 Å². The van der Waals surface area contributed by atoms with E-state index in [0.717, 1.165) is 34.9 Å². The van der Waals surface area contributed by atoms with Gasteiger partial charge in [0.1, 0.15) is 0 Å². The first-order valence-electron chi connectivity index (χ1n) is 19.1. The normalized spacial score (nSPS) is 24.6. The van der Waals surface area contributed by atoms with E-state index >= 15 is 0 Å². The molecule has 0 aromatic rings. The summed E-state index contributed by atoms with van der Waals surface area (Å²) >= 11 is 0. The van der Waals surface area contributed by atoms with Gasteiger partial charge < -0.3 is 14.7 Å². The summed E-state index contributed by atoms with van der Waals surface area (Å²) in [5, 5.41) is 0. The van der Waals surface area contributed by atoms with Crippen LogP contribution in [0.25, 0.3) is 0 Å². The third-order valence-electron chi connectivity index (χ3n) is 11.7. The second-order valence-corrected chi connectivity index (χ2v) is 16.1. The largest absolute Gasteiger partial charge is 0.301 e. The van der Waals surface area contributed by atoms with Crippen LogP contribution >= 0.6 is 0 Å². The van der Waals surface area contributed by atoms with Crippen molar-refractivity contribution in [2.75, 3.05) is 39.3 Å². The van der Waals surface area contributed by atoms with Crippen molar-refractivity contribution in [1.29, 1.82) is 0 Å². The number of hydrogen-bond donors (Lipinski definition) is 0. The van der Waals surface area contributed by atoms with Gasteiger partial charge in [-0.05, 0) is 167 Å². The molecule has 0 radical (unpaired) electrons. The van der Waals surface area contributed by atoms with E-state index in [1.165, 1.54) is 123 Å². The van der Waals surface area contributed by atoms with Crippen LogP contribution in [0.3, 0.4) is 0 Å². The summed E-state index contributed by atoms with van der Waals surface area (Å²) in [5.74, 6) is 0.933. The van der Waals surface area contributed by atoms with Gasteiger partial charge in [-0.3, -0.25) is 0 Å². The molecular weight excluding hydrogens is 510 g/mol. The van der Waals surface area contributed by atoms with E-state index < -0.39 is 0 Å². The predicted molar refractivity (Wildman–Crippen MR) is 191 cm³/mol. The molecule has 5 rings (SSSR count). The monoisotopic (exact) mass is 592 g/mol. The van der Waals surface area contributed by atoms with Crippen molar-refractivity contribution in [3.8, 4) is 0 Å². The van der Waals surface area contributed by atoms with Gasteiger partial charge in [-0.1, -0.05) is 67.7 Å². The Morgan fingerprint density at radius 1 is 0.452 bits per heavy atom. The molecule has 3 aliphatic heterocycles. The molecule has 2 spiro atoms. The minimum atomic E-state index is 0.517. The van der Waals surface area contributed by atoms with Crippen LogP contribution in [0, 0.1) is 22.2 Å². The molecule has 0 bridgehead atoms. The molecule has 252 valence electrons. The van der Waals surface area contributed by atoms with Crippen LogP contribution in [-0.4, -0.2) is 72.1 Å².